The Balaban J connectivity index is 0.000000116. The Labute approximate surface area is 638 Å². The smallest absolute Gasteiger partial charge is 0.0162 e. The molecule has 106 heavy (non-hydrogen) atoms. The van der Waals surface area contributed by atoms with Crippen molar-refractivity contribution in [3.8, 4) is 44.5 Å². The molecule has 0 heteroatoms. The molecular formula is C106H116. The van der Waals surface area contributed by atoms with Gasteiger partial charge >= 0.3 is 0 Å². The second-order valence-corrected chi connectivity index (χ2v) is 31.6. The van der Waals surface area contributed by atoms with Crippen molar-refractivity contribution >= 4 is 21.5 Å². The van der Waals surface area contributed by atoms with Crippen molar-refractivity contribution in [3.05, 3.63) is 375 Å². The molecule has 0 saturated heterocycles. The molecule has 19 rings (SSSR count). The molecule has 3 unspecified atom stereocenters. The molecular weight excluding hydrogens is 1270 g/mol. The van der Waals surface area contributed by atoms with Crippen LogP contribution in [0.25, 0.3) is 66.1 Å². The van der Waals surface area contributed by atoms with Gasteiger partial charge in [0.1, 0.15) is 0 Å². The normalized spacial score (nSPS) is 21.3. The van der Waals surface area contributed by atoms with Crippen LogP contribution in [0.3, 0.4) is 0 Å². The van der Waals surface area contributed by atoms with Crippen molar-refractivity contribution in [2.24, 2.45) is 34.0 Å². The maximum atomic E-state index is 2.72. The van der Waals surface area contributed by atoms with Gasteiger partial charge in [0.2, 0.25) is 0 Å². The summed E-state index contributed by atoms with van der Waals surface area (Å²) in [5.41, 5.74) is 15.4. The van der Waals surface area contributed by atoms with Crippen LogP contribution in [0.5, 0.6) is 0 Å². The lowest BCUT2D eigenvalue weighted by Crippen LogP contribution is -2.57. The van der Waals surface area contributed by atoms with E-state index in [-0.39, 0.29) is 0 Å². The van der Waals surface area contributed by atoms with Crippen molar-refractivity contribution in [1.29, 1.82) is 0 Å². The van der Waals surface area contributed by atoms with Gasteiger partial charge in [0.25, 0.3) is 0 Å². The molecule has 6 fully saturated rings. The fourth-order valence-corrected chi connectivity index (χ4v) is 19.2. The van der Waals surface area contributed by atoms with E-state index in [2.05, 4.69) is 324 Å². The number of benzene rings is 13. The number of fused-ring (bicyclic) bond motifs is 7. The van der Waals surface area contributed by atoms with Crippen LogP contribution in [0.15, 0.2) is 364 Å². The minimum absolute atomic E-state index is 0.687. The van der Waals surface area contributed by atoms with Crippen molar-refractivity contribution in [1.82, 2.24) is 0 Å². The topological polar surface area (TPSA) is 0 Å². The van der Waals surface area contributed by atoms with Gasteiger partial charge in [0, 0.05) is 0 Å². The Morgan fingerprint density at radius 1 is 0.189 bits per heavy atom. The lowest BCUT2D eigenvalue weighted by Gasteiger charge is -2.65. The van der Waals surface area contributed by atoms with Gasteiger partial charge in [-0.2, -0.15) is 0 Å². The maximum absolute atomic E-state index is 2.72. The van der Waals surface area contributed by atoms with Crippen LogP contribution in [0, 0.1) is 34.0 Å². The Morgan fingerprint density at radius 2 is 0.472 bits per heavy atom. The van der Waals surface area contributed by atoms with E-state index in [9.17, 15) is 0 Å². The minimum Gasteiger partial charge on any atom is -0.0623 e. The summed E-state index contributed by atoms with van der Waals surface area (Å²) in [4.78, 5) is 0. The molecule has 6 aliphatic rings. The summed E-state index contributed by atoms with van der Waals surface area (Å²) < 4.78 is 0. The third-order valence-electron chi connectivity index (χ3n) is 24.9. The van der Waals surface area contributed by atoms with Gasteiger partial charge in [-0.1, -0.05) is 443 Å². The highest BCUT2D eigenvalue weighted by Gasteiger charge is 2.62. The van der Waals surface area contributed by atoms with Crippen LogP contribution in [-0.2, 0) is 0 Å². The predicted molar refractivity (Wildman–Crippen MR) is 459 cm³/mol. The molecule has 0 aromatic heterocycles. The molecule has 0 radical (unpaired) electrons. The third-order valence-corrected chi connectivity index (χ3v) is 24.9. The summed E-state index contributed by atoms with van der Waals surface area (Å²) in [6, 6.07) is 127. The third kappa shape index (κ3) is 21.1. The number of hydrogen-bond donors (Lipinski definition) is 0. The van der Waals surface area contributed by atoms with Gasteiger partial charge in [0.15, 0.2) is 0 Å². The van der Waals surface area contributed by atoms with Crippen LogP contribution < -0.4 is 0 Å². The molecule has 0 nitrogen and oxygen atoms in total. The van der Waals surface area contributed by atoms with Gasteiger partial charge in [0.05, 0.1) is 0 Å². The highest BCUT2D eigenvalue weighted by molar-refractivity contribution is 5.83. The number of hydrogen-bond acceptors (Lipinski definition) is 0. The molecule has 0 N–H and O–H groups in total. The first-order valence-corrected chi connectivity index (χ1v) is 40.6. The zero-order chi connectivity index (χ0) is 72.7. The average molecular weight is 1390 g/mol. The van der Waals surface area contributed by atoms with Gasteiger partial charge in [-0.3, -0.25) is 0 Å². The average Bonchev–Trinajstić information content (AvgIpc) is 1.28. The fraction of sp³-hybridized carbons (Fsp3) is 0.302. The van der Waals surface area contributed by atoms with E-state index in [1.165, 1.54) is 162 Å². The first-order chi connectivity index (χ1) is 52.2. The molecule has 540 valence electrons. The summed E-state index contributed by atoms with van der Waals surface area (Å²) in [6.07, 6.45) is 31.0. The second kappa shape index (κ2) is 39.7. The first-order valence-electron chi connectivity index (χ1n) is 40.6. The zero-order valence-electron chi connectivity index (χ0n) is 63.9. The molecule has 13 aromatic rings. The van der Waals surface area contributed by atoms with Crippen LogP contribution in [0.1, 0.15) is 179 Å². The summed E-state index contributed by atoms with van der Waals surface area (Å²) in [6.45, 7) is 8.07. The lowest BCUT2D eigenvalue weighted by atomic mass is 9.40. The highest BCUT2D eigenvalue weighted by atomic mass is 14.7. The predicted octanol–water partition coefficient (Wildman–Crippen LogP) is 31.1. The first kappa shape index (κ1) is 76.0. The molecule has 0 spiro atoms. The van der Waals surface area contributed by atoms with E-state index in [0.29, 0.717) is 16.2 Å². The molecule has 13 aromatic carbocycles. The zero-order valence-corrected chi connectivity index (χ0v) is 63.9. The minimum atomic E-state index is 0.687. The fourth-order valence-electron chi connectivity index (χ4n) is 19.2. The summed E-state index contributed by atoms with van der Waals surface area (Å²) >= 11 is 0. The molecule has 6 saturated carbocycles. The Bertz CT molecular complexity index is 4220. The van der Waals surface area contributed by atoms with E-state index in [1.807, 2.05) is 60.7 Å². The Hall–Kier alpha value is -9.62. The largest absolute Gasteiger partial charge is 0.0623 e. The maximum Gasteiger partial charge on any atom is -0.0162 e. The van der Waals surface area contributed by atoms with Crippen molar-refractivity contribution in [2.75, 3.05) is 0 Å². The van der Waals surface area contributed by atoms with Crippen LogP contribution in [-0.4, -0.2) is 0 Å². The lowest BCUT2D eigenvalue weighted by molar-refractivity contribution is -0.157. The van der Waals surface area contributed by atoms with Crippen LogP contribution >= 0.6 is 0 Å². The van der Waals surface area contributed by atoms with Gasteiger partial charge in [-0.05, 0) is 200 Å². The van der Waals surface area contributed by atoms with Crippen molar-refractivity contribution in [3.63, 3.8) is 0 Å². The Kier molecular flexibility index (Phi) is 28.4. The SMILES string of the molecule is C[C@@]12CCCC1[C@]1(C)CCC3CCCC[C@]3(C)C1CC2.c1ccc(-c2ccc(-c3ccccc3)cc2)cc1.c1ccc(-c2ccc(C3CCCCC3)cc2)cc1.c1ccc(-c2ccccc2)cc1.c1ccc(C2CCCCC2)cc1.c1ccc2ccccc2c1.c1ccc2ccccc2c1.c1ccccc1. The van der Waals surface area contributed by atoms with E-state index in [1.54, 1.807) is 50.5 Å². The quantitative estimate of drug-likeness (QED) is 0.156. The van der Waals surface area contributed by atoms with Gasteiger partial charge < -0.3 is 0 Å². The molecule has 0 aliphatic heterocycles. The second-order valence-electron chi connectivity index (χ2n) is 31.6. The van der Waals surface area contributed by atoms with Gasteiger partial charge in [-0.15, -0.1) is 0 Å². The van der Waals surface area contributed by atoms with E-state index < -0.39 is 0 Å². The van der Waals surface area contributed by atoms with Crippen LogP contribution in [0.4, 0.5) is 0 Å². The summed E-state index contributed by atoms with van der Waals surface area (Å²) in [7, 11) is 0. The standard InChI is InChI=1S/C20H34.C18H20.C18H14.C12H16.C12H10.2C10H8.C6H6/c1-18-11-6-8-16(18)20(3)14-9-15-7-4-5-12-19(15,2)17(20)10-13-18;2*1-3-7-15(8-4-1)17-11-13-18(14-12-17)16-9-5-2-6-10-16;2*1-3-7-11(8-4-1)12-9-5-2-6-10-12;2*1-2-6-10-8-4-3-7-9(10)5-1;1-2-4-6-5-3-1/h15-17H,4-14H2,1-3H3;1,3-4,7-8,11-14,16H,2,5-6,9-10H2;1-14H;1,3-4,7-8,12H,2,5-6,9-10H2;1-10H;2*1-8H;1-6H/t15?,16?,17?,18-,19-,20-;;;;;;;/m0......./s1. The summed E-state index contributed by atoms with van der Waals surface area (Å²) in [5, 5.41) is 5.24. The van der Waals surface area contributed by atoms with Crippen molar-refractivity contribution in [2.45, 2.75) is 167 Å². The molecule has 0 heterocycles. The number of rotatable bonds is 6. The van der Waals surface area contributed by atoms with Crippen LogP contribution in [0.2, 0.25) is 0 Å². The van der Waals surface area contributed by atoms with Crippen molar-refractivity contribution < 1.29 is 0 Å². The van der Waals surface area contributed by atoms with Gasteiger partial charge in [-0.25, -0.2) is 0 Å². The van der Waals surface area contributed by atoms with E-state index in [0.717, 1.165) is 29.6 Å². The molecule has 6 atom stereocenters. The Morgan fingerprint density at radius 3 is 0.821 bits per heavy atom. The molecule has 6 aliphatic carbocycles. The monoisotopic (exact) mass is 1390 g/mol. The van der Waals surface area contributed by atoms with E-state index in [4.69, 9.17) is 0 Å². The highest BCUT2D eigenvalue weighted by Crippen LogP contribution is 2.71. The van der Waals surface area contributed by atoms with E-state index >= 15 is 0 Å². The summed E-state index contributed by atoms with van der Waals surface area (Å²) in [5.74, 6) is 4.84. The molecule has 0 amide bonds. The molecule has 0 bridgehead atoms.